The van der Waals surface area contributed by atoms with Crippen LogP contribution in [0.15, 0.2) is 53.7 Å². The van der Waals surface area contributed by atoms with Gasteiger partial charge in [-0.05, 0) is 31.2 Å². The second-order valence-electron chi connectivity index (χ2n) is 6.53. The lowest BCUT2D eigenvalue weighted by Crippen LogP contribution is -2.15. The van der Waals surface area contributed by atoms with Gasteiger partial charge in [-0.15, -0.1) is 10.2 Å². The molecule has 7 nitrogen and oxygen atoms in total. The minimum Gasteiger partial charge on any atom is -0.495 e. The molecular weight excluding hydrogens is 386 g/mol. The lowest BCUT2D eigenvalue weighted by molar-refractivity contribution is -0.113. The number of carbonyl (C=O) groups excluding carboxylic acids is 1. The van der Waals surface area contributed by atoms with Gasteiger partial charge in [0.05, 0.1) is 18.6 Å². The van der Waals surface area contributed by atoms with Crippen LogP contribution in [0.5, 0.6) is 5.75 Å². The largest absolute Gasteiger partial charge is 0.495 e. The van der Waals surface area contributed by atoms with Gasteiger partial charge < -0.3 is 19.5 Å². The van der Waals surface area contributed by atoms with E-state index in [-0.39, 0.29) is 11.7 Å². The minimum atomic E-state index is -0.124. The van der Waals surface area contributed by atoms with E-state index in [1.165, 1.54) is 11.8 Å². The molecule has 0 saturated heterocycles. The van der Waals surface area contributed by atoms with Gasteiger partial charge in [0.2, 0.25) is 5.91 Å². The number of aromatic nitrogens is 3. The van der Waals surface area contributed by atoms with E-state index >= 15 is 0 Å². The van der Waals surface area contributed by atoms with E-state index in [0.717, 1.165) is 17.1 Å². The van der Waals surface area contributed by atoms with Crippen LogP contribution in [-0.4, -0.2) is 47.6 Å². The van der Waals surface area contributed by atoms with Crippen molar-refractivity contribution in [2.75, 3.05) is 37.2 Å². The third-order valence-electron chi connectivity index (χ3n) is 4.37. The summed E-state index contributed by atoms with van der Waals surface area (Å²) in [7, 11) is 5.59. The molecule has 0 aliphatic heterocycles. The summed E-state index contributed by atoms with van der Waals surface area (Å²) >= 11 is 1.36. The molecule has 0 saturated carbocycles. The Bertz CT molecular complexity index is 987. The van der Waals surface area contributed by atoms with Crippen LogP contribution in [0, 0.1) is 0 Å². The van der Waals surface area contributed by atoms with Crippen molar-refractivity contribution in [2.24, 2.45) is 0 Å². The molecule has 1 amide bonds. The number of carbonyl (C=O) groups is 1. The quantitative estimate of drug-likeness (QED) is 0.569. The van der Waals surface area contributed by atoms with E-state index < -0.39 is 0 Å². The summed E-state index contributed by atoms with van der Waals surface area (Å²) in [6, 6.07) is 15.5. The van der Waals surface area contributed by atoms with E-state index in [9.17, 15) is 4.79 Å². The van der Waals surface area contributed by atoms with Gasteiger partial charge in [0.15, 0.2) is 11.0 Å². The number of para-hydroxylation sites is 2. The monoisotopic (exact) mass is 411 g/mol. The molecule has 0 atom stereocenters. The van der Waals surface area contributed by atoms with Crippen LogP contribution in [0.1, 0.15) is 6.92 Å². The third kappa shape index (κ3) is 4.89. The Balaban J connectivity index is 1.72. The molecule has 8 heteroatoms. The Labute approximate surface area is 175 Å². The van der Waals surface area contributed by atoms with E-state index in [1.54, 1.807) is 7.11 Å². The number of hydrogen-bond donors (Lipinski definition) is 1. The number of benzene rings is 2. The zero-order chi connectivity index (χ0) is 20.8. The van der Waals surface area contributed by atoms with Gasteiger partial charge in [0.25, 0.3) is 0 Å². The first-order chi connectivity index (χ1) is 14.0. The van der Waals surface area contributed by atoms with E-state index in [4.69, 9.17) is 4.74 Å². The first-order valence-corrected chi connectivity index (χ1v) is 10.3. The Morgan fingerprint density at radius 3 is 2.69 bits per heavy atom. The predicted molar refractivity (Wildman–Crippen MR) is 118 cm³/mol. The van der Waals surface area contributed by atoms with Crippen LogP contribution in [0.2, 0.25) is 0 Å². The highest BCUT2D eigenvalue weighted by atomic mass is 32.2. The van der Waals surface area contributed by atoms with Gasteiger partial charge in [-0.2, -0.15) is 0 Å². The fraction of sp³-hybridized carbons (Fsp3) is 0.286. The minimum absolute atomic E-state index is 0.124. The maximum Gasteiger partial charge on any atom is 0.234 e. The summed E-state index contributed by atoms with van der Waals surface area (Å²) in [5.41, 5.74) is 2.74. The highest BCUT2D eigenvalue weighted by Crippen LogP contribution is 2.27. The maximum absolute atomic E-state index is 12.4. The van der Waals surface area contributed by atoms with Crippen molar-refractivity contribution in [3.63, 3.8) is 0 Å². The van der Waals surface area contributed by atoms with Crippen molar-refractivity contribution >= 4 is 29.0 Å². The average Bonchev–Trinajstić information content (AvgIpc) is 3.15. The number of thioether (sulfide) groups is 1. The zero-order valence-electron chi connectivity index (χ0n) is 17.0. The number of rotatable bonds is 8. The molecular formula is C21H25N5O2S. The van der Waals surface area contributed by atoms with Gasteiger partial charge in [-0.1, -0.05) is 36.0 Å². The Kier molecular flexibility index (Phi) is 6.77. The van der Waals surface area contributed by atoms with Crippen LogP contribution in [0.25, 0.3) is 11.4 Å². The van der Waals surface area contributed by atoms with Crippen molar-refractivity contribution in [1.82, 2.24) is 14.8 Å². The van der Waals surface area contributed by atoms with Crippen LogP contribution < -0.4 is 15.0 Å². The number of hydrogen-bond acceptors (Lipinski definition) is 6. The Morgan fingerprint density at radius 1 is 1.17 bits per heavy atom. The Hall–Kier alpha value is -3.00. The molecule has 1 heterocycles. The van der Waals surface area contributed by atoms with Gasteiger partial charge in [-0.25, -0.2) is 0 Å². The first kappa shape index (κ1) is 20.7. The second-order valence-corrected chi connectivity index (χ2v) is 7.47. The molecule has 0 aliphatic rings. The number of methoxy groups -OCH3 is 1. The number of amides is 1. The third-order valence-corrected chi connectivity index (χ3v) is 5.33. The van der Waals surface area contributed by atoms with Gasteiger partial charge in [-0.3, -0.25) is 4.79 Å². The average molecular weight is 412 g/mol. The van der Waals surface area contributed by atoms with Crippen molar-refractivity contribution in [2.45, 2.75) is 18.6 Å². The van der Waals surface area contributed by atoms with Gasteiger partial charge in [0.1, 0.15) is 5.75 Å². The molecule has 0 bridgehead atoms. The molecule has 29 heavy (non-hydrogen) atoms. The van der Waals surface area contributed by atoms with Crippen molar-refractivity contribution in [1.29, 1.82) is 0 Å². The zero-order valence-corrected chi connectivity index (χ0v) is 17.9. The molecule has 1 aromatic heterocycles. The number of ether oxygens (including phenoxy) is 1. The molecule has 3 rings (SSSR count). The summed E-state index contributed by atoms with van der Waals surface area (Å²) in [5, 5.41) is 12.3. The van der Waals surface area contributed by atoms with Crippen LogP contribution in [0.4, 0.5) is 11.4 Å². The van der Waals surface area contributed by atoms with Crippen LogP contribution in [-0.2, 0) is 11.3 Å². The fourth-order valence-corrected chi connectivity index (χ4v) is 3.68. The SMILES string of the molecule is CCn1c(SCC(=O)Nc2ccccc2OC)nnc1-c1cccc(N(C)C)c1. The summed E-state index contributed by atoms with van der Waals surface area (Å²) < 4.78 is 7.30. The second kappa shape index (κ2) is 9.47. The molecule has 0 unspecified atom stereocenters. The highest BCUT2D eigenvalue weighted by Gasteiger charge is 2.16. The van der Waals surface area contributed by atoms with E-state index in [0.29, 0.717) is 23.1 Å². The molecule has 0 radical (unpaired) electrons. The van der Waals surface area contributed by atoms with E-state index in [2.05, 4.69) is 21.6 Å². The van der Waals surface area contributed by atoms with Crippen molar-refractivity contribution in [3.8, 4) is 17.1 Å². The van der Waals surface area contributed by atoms with E-state index in [1.807, 2.05) is 73.0 Å². The summed E-state index contributed by atoms with van der Waals surface area (Å²) in [4.78, 5) is 14.4. The molecule has 2 aromatic carbocycles. The molecule has 3 aromatic rings. The lowest BCUT2D eigenvalue weighted by Gasteiger charge is -2.14. The summed E-state index contributed by atoms with van der Waals surface area (Å²) in [6.07, 6.45) is 0. The predicted octanol–water partition coefficient (Wildman–Crippen LogP) is 3.77. The molecule has 0 spiro atoms. The fourth-order valence-electron chi connectivity index (χ4n) is 2.88. The highest BCUT2D eigenvalue weighted by molar-refractivity contribution is 7.99. The van der Waals surface area contributed by atoms with Crippen LogP contribution in [0.3, 0.4) is 0 Å². The molecule has 1 N–H and O–H groups in total. The summed E-state index contributed by atoms with van der Waals surface area (Å²) in [6.45, 7) is 2.76. The van der Waals surface area contributed by atoms with Crippen LogP contribution >= 0.6 is 11.8 Å². The number of anilines is 2. The van der Waals surface area contributed by atoms with Crippen molar-refractivity contribution in [3.05, 3.63) is 48.5 Å². The normalized spacial score (nSPS) is 10.6. The topological polar surface area (TPSA) is 72.3 Å². The first-order valence-electron chi connectivity index (χ1n) is 9.30. The smallest absolute Gasteiger partial charge is 0.234 e. The lowest BCUT2D eigenvalue weighted by atomic mass is 10.2. The molecule has 0 fully saturated rings. The van der Waals surface area contributed by atoms with Gasteiger partial charge >= 0.3 is 0 Å². The number of nitrogens with one attached hydrogen (secondary N) is 1. The summed E-state index contributed by atoms with van der Waals surface area (Å²) in [5.74, 6) is 1.53. The van der Waals surface area contributed by atoms with Gasteiger partial charge in [0, 0.05) is 31.9 Å². The van der Waals surface area contributed by atoms with Crippen molar-refractivity contribution < 1.29 is 9.53 Å². The molecule has 152 valence electrons. The molecule has 0 aliphatic carbocycles. The maximum atomic E-state index is 12.4. The number of nitrogens with zero attached hydrogens (tertiary/aromatic N) is 4. The standard InChI is InChI=1S/C21H25N5O2S/c1-5-26-20(15-9-8-10-16(13-15)25(2)3)23-24-21(26)29-14-19(27)22-17-11-6-7-12-18(17)28-4/h6-13H,5,14H2,1-4H3,(H,22,27). The Morgan fingerprint density at radius 2 is 1.97 bits per heavy atom.